The van der Waals surface area contributed by atoms with Crippen LogP contribution in [0.5, 0.6) is 0 Å². The largest absolute Gasteiger partial charge is 0.369 e. The molecule has 4 rings (SSSR count). The number of hydrogen-bond donors (Lipinski definition) is 2. The molecule has 0 unspecified atom stereocenters. The zero-order valence-electron chi connectivity index (χ0n) is 16.8. The monoisotopic (exact) mass is 381 g/mol. The Morgan fingerprint density at radius 2 is 1.64 bits per heavy atom. The Bertz CT molecular complexity index is 733. The second-order valence-electron chi connectivity index (χ2n) is 7.96. The van der Waals surface area contributed by atoms with Crippen LogP contribution in [-0.4, -0.2) is 59.3 Å². The van der Waals surface area contributed by atoms with Gasteiger partial charge in [-0.15, -0.1) is 5.10 Å². The van der Waals surface area contributed by atoms with Crippen LogP contribution in [0.1, 0.15) is 38.5 Å². The number of likely N-dealkylation sites (N-methyl/N-ethyl adjacent to an activating group) is 1. The molecular weight excluding hydrogens is 350 g/mol. The molecule has 2 heterocycles. The highest BCUT2D eigenvalue weighted by molar-refractivity contribution is 5.61. The van der Waals surface area contributed by atoms with Crippen molar-refractivity contribution in [2.45, 2.75) is 44.6 Å². The number of rotatable bonds is 5. The molecule has 7 nitrogen and oxygen atoms in total. The van der Waals surface area contributed by atoms with Gasteiger partial charge in [-0.25, -0.2) is 0 Å². The van der Waals surface area contributed by atoms with E-state index < -0.39 is 0 Å². The van der Waals surface area contributed by atoms with E-state index in [0.717, 1.165) is 37.7 Å². The average Bonchev–Trinajstić information content (AvgIpc) is 2.98. The van der Waals surface area contributed by atoms with Crippen molar-refractivity contribution in [1.29, 1.82) is 0 Å². The highest BCUT2D eigenvalue weighted by Crippen LogP contribution is 2.22. The lowest BCUT2D eigenvalue weighted by Crippen LogP contribution is -2.44. The number of aromatic nitrogens is 3. The van der Waals surface area contributed by atoms with E-state index >= 15 is 0 Å². The van der Waals surface area contributed by atoms with Crippen molar-refractivity contribution in [1.82, 2.24) is 20.1 Å². The molecule has 0 atom stereocenters. The predicted octanol–water partition coefficient (Wildman–Crippen LogP) is 3.50. The van der Waals surface area contributed by atoms with Crippen molar-refractivity contribution < 1.29 is 0 Å². The lowest BCUT2D eigenvalue weighted by atomic mass is 10.1. The van der Waals surface area contributed by atoms with Gasteiger partial charge in [-0.2, -0.15) is 10.1 Å². The summed E-state index contributed by atoms with van der Waals surface area (Å²) < 4.78 is 0. The zero-order valence-corrected chi connectivity index (χ0v) is 16.8. The molecule has 1 aromatic heterocycles. The Morgan fingerprint density at radius 1 is 0.929 bits per heavy atom. The minimum atomic E-state index is 0.461. The van der Waals surface area contributed by atoms with Gasteiger partial charge in [-0.05, 0) is 44.2 Å². The van der Waals surface area contributed by atoms with Gasteiger partial charge in [0.1, 0.15) is 0 Å². The standard InChI is InChI=1S/C21H31N7/c1-27-12-14-28(15-13-27)19-10-8-18(9-11-19)23-20-16-22-26-21(25-20)24-17-6-4-2-3-5-7-17/h8-11,16-17H,2-7,12-15H2,1H3,(H2,23,24,25,26). The van der Waals surface area contributed by atoms with Gasteiger partial charge in [0.2, 0.25) is 5.95 Å². The molecule has 1 saturated carbocycles. The Kier molecular flexibility index (Phi) is 6.21. The van der Waals surface area contributed by atoms with Crippen molar-refractivity contribution >= 4 is 23.1 Å². The minimum absolute atomic E-state index is 0.461. The van der Waals surface area contributed by atoms with E-state index in [0.29, 0.717) is 12.0 Å². The second-order valence-corrected chi connectivity index (χ2v) is 7.96. The fourth-order valence-corrected chi connectivity index (χ4v) is 4.00. The zero-order chi connectivity index (χ0) is 19.2. The molecule has 2 aliphatic rings. The van der Waals surface area contributed by atoms with E-state index in [2.05, 4.69) is 66.9 Å². The third-order valence-corrected chi connectivity index (χ3v) is 5.76. The van der Waals surface area contributed by atoms with Gasteiger partial charge in [0.15, 0.2) is 5.82 Å². The molecule has 0 radical (unpaired) electrons. The van der Waals surface area contributed by atoms with Crippen LogP contribution >= 0.6 is 0 Å². The molecule has 0 amide bonds. The van der Waals surface area contributed by atoms with Crippen LogP contribution < -0.4 is 15.5 Å². The summed E-state index contributed by atoms with van der Waals surface area (Å²) in [6.07, 6.45) is 9.29. The summed E-state index contributed by atoms with van der Waals surface area (Å²) in [7, 11) is 2.18. The smallest absolute Gasteiger partial charge is 0.244 e. The summed E-state index contributed by atoms with van der Waals surface area (Å²) in [4.78, 5) is 9.41. The summed E-state index contributed by atoms with van der Waals surface area (Å²) in [6, 6.07) is 9.02. The first kappa shape index (κ1) is 18.9. The van der Waals surface area contributed by atoms with E-state index in [9.17, 15) is 0 Å². The van der Waals surface area contributed by atoms with E-state index in [4.69, 9.17) is 0 Å². The molecule has 2 N–H and O–H groups in total. The van der Waals surface area contributed by atoms with Gasteiger partial charge >= 0.3 is 0 Å². The number of anilines is 4. The predicted molar refractivity (Wildman–Crippen MR) is 114 cm³/mol. The van der Waals surface area contributed by atoms with Crippen LogP contribution in [0.3, 0.4) is 0 Å². The lowest BCUT2D eigenvalue weighted by Gasteiger charge is -2.34. The average molecular weight is 382 g/mol. The molecule has 1 aromatic carbocycles. The number of hydrogen-bond acceptors (Lipinski definition) is 7. The van der Waals surface area contributed by atoms with Gasteiger partial charge in [-0.1, -0.05) is 25.7 Å². The Hall–Kier alpha value is -2.41. The summed E-state index contributed by atoms with van der Waals surface area (Å²) in [6.45, 7) is 4.39. The SMILES string of the molecule is CN1CCN(c2ccc(Nc3cnnc(NC4CCCCCC4)n3)cc2)CC1. The topological polar surface area (TPSA) is 69.2 Å². The summed E-state index contributed by atoms with van der Waals surface area (Å²) in [5.74, 6) is 1.34. The summed E-state index contributed by atoms with van der Waals surface area (Å²) in [5.41, 5.74) is 2.29. The van der Waals surface area contributed by atoms with E-state index in [1.54, 1.807) is 6.20 Å². The fourth-order valence-electron chi connectivity index (χ4n) is 4.00. The first-order chi connectivity index (χ1) is 13.8. The van der Waals surface area contributed by atoms with Gasteiger partial charge in [-0.3, -0.25) is 0 Å². The number of benzene rings is 1. The van der Waals surface area contributed by atoms with Crippen molar-refractivity contribution in [2.75, 3.05) is 48.8 Å². The van der Waals surface area contributed by atoms with Gasteiger partial charge < -0.3 is 20.4 Å². The van der Waals surface area contributed by atoms with Crippen molar-refractivity contribution in [3.8, 4) is 0 Å². The maximum absolute atomic E-state index is 4.60. The molecule has 1 saturated heterocycles. The molecule has 28 heavy (non-hydrogen) atoms. The summed E-state index contributed by atoms with van der Waals surface area (Å²) in [5, 5.41) is 15.1. The van der Waals surface area contributed by atoms with Crippen molar-refractivity contribution in [3.05, 3.63) is 30.5 Å². The fraction of sp³-hybridized carbons (Fsp3) is 0.571. The minimum Gasteiger partial charge on any atom is -0.369 e. The molecule has 2 aromatic rings. The summed E-state index contributed by atoms with van der Waals surface area (Å²) >= 11 is 0. The van der Waals surface area contributed by atoms with Gasteiger partial charge in [0.25, 0.3) is 0 Å². The molecule has 1 aliphatic carbocycles. The second kappa shape index (κ2) is 9.19. The normalized spacial score (nSPS) is 19.2. The maximum atomic E-state index is 4.60. The third kappa shape index (κ3) is 5.10. The molecule has 1 aliphatic heterocycles. The van der Waals surface area contributed by atoms with Crippen LogP contribution in [0.15, 0.2) is 30.5 Å². The number of nitrogens with one attached hydrogen (secondary N) is 2. The molecule has 0 bridgehead atoms. The molecule has 2 fully saturated rings. The van der Waals surface area contributed by atoms with E-state index in [1.807, 2.05) is 0 Å². The quantitative estimate of drug-likeness (QED) is 0.768. The Balaban J connectivity index is 1.36. The third-order valence-electron chi connectivity index (χ3n) is 5.76. The molecule has 0 spiro atoms. The van der Waals surface area contributed by atoms with Crippen molar-refractivity contribution in [2.24, 2.45) is 0 Å². The number of nitrogens with zero attached hydrogens (tertiary/aromatic N) is 5. The van der Waals surface area contributed by atoms with Crippen LogP contribution in [0.4, 0.5) is 23.1 Å². The number of piperazine rings is 1. The van der Waals surface area contributed by atoms with Crippen LogP contribution in [-0.2, 0) is 0 Å². The lowest BCUT2D eigenvalue weighted by molar-refractivity contribution is 0.313. The highest BCUT2D eigenvalue weighted by atomic mass is 15.3. The van der Waals surface area contributed by atoms with Gasteiger partial charge in [0, 0.05) is 43.6 Å². The Morgan fingerprint density at radius 3 is 2.36 bits per heavy atom. The van der Waals surface area contributed by atoms with Crippen molar-refractivity contribution in [3.63, 3.8) is 0 Å². The highest BCUT2D eigenvalue weighted by Gasteiger charge is 2.15. The first-order valence-electron chi connectivity index (χ1n) is 10.5. The van der Waals surface area contributed by atoms with Gasteiger partial charge in [0.05, 0.1) is 6.20 Å². The van der Waals surface area contributed by atoms with E-state index in [-0.39, 0.29) is 0 Å². The van der Waals surface area contributed by atoms with Crippen LogP contribution in [0.25, 0.3) is 0 Å². The molecular formula is C21H31N7. The molecule has 7 heteroatoms. The molecule has 150 valence electrons. The van der Waals surface area contributed by atoms with Crippen LogP contribution in [0.2, 0.25) is 0 Å². The Labute approximate surface area is 167 Å². The van der Waals surface area contributed by atoms with Crippen LogP contribution in [0, 0.1) is 0 Å². The van der Waals surface area contributed by atoms with E-state index in [1.165, 1.54) is 44.2 Å². The first-order valence-corrected chi connectivity index (χ1v) is 10.5. The maximum Gasteiger partial charge on any atom is 0.244 e.